The predicted octanol–water partition coefficient (Wildman–Crippen LogP) is 7.78. The monoisotopic (exact) mass is 484 g/mol. The van der Waals surface area contributed by atoms with Crippen molar-refractivity contribution in [3.8, 4) is 0 Å². The molecule has 0 unspecified atom stereocenters. The molecule has 0 bridgehead atoms. The molecule has 0 aliphatic rings. The smallest absolute Gasteiger partial charge is 0.331 e. The highest BCUT2D eigenvalue weighted by Gasteiger charge is 2.01. The Hall–Kier alpha value is -1.85. The quantitative estimate of drug-likeness (QED) is 0.0958. The molecule has 0 saturated heterocycles. The summed E-state index contributed by atoms with van der Waals surface area (Å²) in [5, 5.41) is 8.27. The van der Waals surface area contributed by atoms with Gasteiger partial charge in [-0.3, -0.25) is 4.79 Å². The van der Waals surface area contributed by atoms with Gasteiger partial charge < -0.3 is 14.6 Å². The minimum Gasteiger partial charge on any atom is -0.481 e. The zero-order valence-electron chi connectivity index (χ0n) is 22.3. The molecule has 0 radical (unpaired) electrons. The fraction of sp³-hybridized carbons (Fsp3) is 0.821. The summed E-state index contributed by atoms with van der Waals surface area (Å²) in [4.78, 5) is 32.9. The first-order valence-corrected chi connectivity index (χ1v) is 13.7. The van der Waals surface area contributed by atoms with E-state index in [2.05, 4.69) is 20.8 Å². The molecule has 6 heteroatoms. The molecule has 200 valence electrons. The highest BCUT2D eigenvalue weighted by atomic mass is 16.5. The summed E-state index contributed by atoms with van der Waals surface area (Å²) in [7, 11) is 0. The first kappa shape index (κ1) is 34.3. The van der Waals surface area contributed by atoms with Crippen LogP contribution in [0.1, 0.15) is 136 Å². The van der Waals surface area contributed by atoms with Crippen LogP contribution in [-0.4, -0.2) is 36.2 Å². The molecule has 0 aromatic rings. The van der Waals surface area contributed by atoms with Gasteiger partial charge >= 0.3 is 17.9 Å². The Morgan fingerprint density at radius 1 is 0.529 bits per heavy atom. The Bertz CT molecular complexity index is 469. The number of carbonyl (C=O) groups is 3. The van der Waals surface area contributed by atoms with E-state index in [1.54, 1.807) is 0 Å². The average Bonchev–Trinajstić information content (AvgIpc) is 2.81. The summed E-state index contributed by atoms with van der Waals surface area (Å²) in [6, 6.07) is 0. The van der Waals surface area contributed by atoms with Crippen molar-refractivity contribution >= 4 is 17.9 Å². The van der Waals surface area contributed by atoms with E-state index in [0.717, 1.165) is 50.7 Å². The van der Waals surface area contributed by atoms with Gasteiger partial charge in [0.25, 0.3) is 0 Å². The first-order chi connectivity index (χ1) is 16.5. The van der Waals surface area contributed by atoms with E-state index in [1.165, 1.54) is 70.6 Å². The Morgan fingerprint density at radius 2 is 0.853 bits per heavy atom. The van der Waals surface area contributed by atoms with Crippen molar-refractivity contribution in [3.63, 3.8) is 0 Å². The number of carbonyl (C=O) groups excluding carboxylic acids is 2. The van der Waals surface area contributed by atoms with Gasteiger partial charge in [-0.15, -0.1) is 0 Å². The van der Waals surface area contributed by atoms with Crippen LogP contribution in [0.5, 0.6) is 0 Å². The number of rotatable bonds is 22. The maximum Gasteiger partial charge on any atom is 0.331 e. The van der Waals surface area contributed by atoms with E-state index in [4.69, 9.17) is 14.6 Å². The third-order valence-electron chi connectivity index (χ3n) is 5.33. The number of ether oxygens (including phenoxy) is 2. The fourth-order valence-corrected chi connectivity index (χ4v) is 3.22. The van der Waals surface area contributed by atoms with Gasteiger partial charge in [-0.25, -0.2) is 9.59 Å². The lowest BCUT2D eigenvalue weighted by Gasteiger charge is -2.03. The average molecular weight is 485 g/mol. The molecule has 6 nitrogen and oxygen atoms in total. The molecule has 0 aromatic carbocycles. The van der Waals surface area contributed by atoms with Gasteiger partial charge in [-0.2, -0.15) is 0 Å². The van der Waals surface area contributed by atoms with Crippen LogP contribution in [0, 0.1) is 0 Å². The van der Waals surface area contributed by atoms with Gasteiger partial charge in [0.2, 0.25) is 0 Å². The minimum atomic E-state index is -0.670. The summed E-state index contributed by atoms with van der Waals surface area (Å²) >= 11 is 0. The van der Waals surface area contributed by atoms with Gasteiger partial charge in [0.15, 0.2) is 0 Å². The van der Waals surface area contributed by atoms with Crippen molar-refractivity contribution in [2.45, 2.75) is 136 Å². The maximum absolute atomic E-state index is 11.4. The largest absolute Gasteiger partial charge is 0.481 e. The normalized spacial score (nSPS) is 10.6. The number of esters is 2. The Kier molecular flexibility index (Phi) is 29.5. The Balaban J connectivity index is 0. The van der Waals surface area contributed by atoms with E-state index < -0.39 is 17.9 Å². The third-order valence-corrected chi connectivity index (χ3v) is 5.33. The highest BCUT2D eigenvalue weighted by Crippen LogP contribution is 2.06. The topological polar surface area (TPSA) is 89.9 Å². The van der Waals surface area contributed by atoms with Gasteiger partial charge in [0.1, 0.15) is 0 Å². The Morgan fingerprint density at radius 3 is 1.21 bits per heavy atom. The van der Waals surface area contributed by atoms with E-state index in [0.29, 0.717) is 19.6 Å². The molecule has 0 atom stereocenters. The van der Waals surface area contributed by atoms with Crippen molar-refractivity contribution < 1.29 is 29.0 Å². The van der Waals surface area contributed by atoms with Crippen molar-refractivity contribution in [2.24, 2.45) is 0 Å². The molecule has 0 spiro atoms. The first-order valence-electron chi connectivity index (χ1n) is 13.7. The van der Waals surface area contributed by atoms with E-state index in [1.807, 2.05) is 0 Å². The van der Waals surface area contributed by atoms with Crippen LogP contribution >= 0.6 is 0 Å². The Labute approximate surface area is 208 Å². The predicted molar refractivity (Wildman–Crippen MR) is 139 cm³/mol. The van der Waals surface area contributed by atoms with Crippen LogP contribution < -0.4 is 0 Å². The van der Waals surface area contributed by atoms with Crippen LogP contribution in [0.3, 0.4) is 0 Å². The number of aliphatic carboxylic acids is 1. The van der Waals surface area contributed by atoms with Crippen molar-refractivity contribution in [1.29, 1.82) is 0 Å². The molecule has 34 heavy (non-hydrogen) atoms. The number of unbranched alkanes of at least 4 members (excludes halogenated alkanes) is 14. The second-order valence-corrected chi connectivity index (χ2v) is 8.76. The van der Waals surface area contributed by atoms with Crippen molar-refractivity contribution in [2.75, 3.05) is 13.2 Å². The van der Waals surface area contributed by atoms with Gasteiger partial charge in [0.05, 0.1) is 13.2 Å². The minimum absolute atomic E-state index is 0.337. The molecule has 0 amide bonds. The molecule has 0 aromatic heterocycles. The second-order valence-electron chi connectivity index (χ2n) is 8.76. The number of carboxylic acid groups (broad SMARTS) is 1. The standard InChI is InChI=1S/C20H36O4.C8H16O2/c1-3-5-7-9-11-13-17-23-19(21)15-16-20(22)24-18-14-12-10-8-6-4-2;1-2-3-4-5-6-7-8(9)10/h15-16H,3-14,17-18H2,1-2H3;2-7H2,1H3,(H,9,10)/b16-15-;. The SMILES string of the molecule is CCCCCCCC(=O)O.CCCCCCCCOC(=O)/C=C\C(=O)OCCCCCCCC. The van der Waals surface area contributed by atoms with Crippen molar-refractivity contribution in [3.05, 3.63) is 12.2 Å². The number of hydrogen-bond donors (Lipinski definition) is 1. The molecule has 0 rings (SSSR count). The molecule has 0 fully saturated rings. The van der Waals surface area contributed by atoms with Crippen LogP contribution in [0.25, 0.3) is 0 Å². The van der Waals surface area contributed by atoms with Crippen molar-refractivity contribution in [1.82, 2.24) is 0 Å². The molecule has 1 N–H and O–H groups in total. The van der Waals surface area contributed by atoms with Crippen LogP contribution in [0.4, 0.5) is 0 Å². The van der Waals surface area contributed by atoms with Crippen LogP contribution in [0.2, 0.25) is 0 Å². The summed E-state index contributed by atoms with van der Waals surface area (Å²) in [5.74, 6) is -1.61. The second kappa shape index (κ2) is 29.2. The molecule has 0 aliphatic heterocycles. The van der Waals surface area contributed by atoms with E-state index in [-0.39, 0.29) is 0 Å². The van der Waals surface area contributed by atoms with Gasteiger partial charge in [-0.05, 0) is 19.3 Å². The number of hydrogen-bond acceptors (Lipinski definition) is 5. The van der Waals surface area contributed by atoms with E-state index >= 15 is 0 Å². The summed E-state index contributed by atoms with van der Waals surface area (Å²) < 4.78 is 10.1. The zero-order valence-corrected chi connectivity index (χ0v) is 22.3. The summed E-state index contributed by atoms with van der Waals surface area (Å²) in [6.45, 7) is 7.36. The third kappa shape index (κ3) is 32.3. The van der Waals surface area contributed by atoms with E-state index in [9.17, 15) is 14.4 Å². The highest BCUT2D eigenvalue weighted by molar-refractivity contribution is 5.91. The lowest BCUT2D eigenvalue weighted by Crippen LogP contribution is -2.06. The summed E-state index contributed by atoms with van der Waals surface area (Å²) in [6.07, 6.45) is 22.0. The summed E-state index contributed by atoms with van der Waals surface area (Å²) in [5.41, 5.74) is 0. The van der Waals surface area contributed by atoms with Crippen LogP contribution in [0.15, 0.2) is 12.2 Å². The maximum atomic E-state index is 11.4. The molecule has 0 aliphatic carbocycles. The van der Waals surface area contributed by atoms with Crippen LogP contribution in [-0.2, 0) is 23.9 Å². The van der Waals surface area contributed by atoms with Gasteiger partial charge in [-0.1, -0.05) is 111 Å². The molecule has 0 heterocycles. The fourth-order valence-electron chi connectivity index (χ4n) is 3.22. The lowest BCUT2D eigenvalue weighted by molar-refractivity contribution is -0.140. The lowest BCUT2D eigenvalue weighted by atomic mass is 10.1. The molecular formula is C28H52O6. The molecule has 0 saturated carbocycles. The zero-order chi connectivity index (χ0) is 25.7. The molecular weight excluding hydrogens is 432 g/mol. The van der Waals surface area contributed by atoms with Gasteiger partial charge in [0, 0.05) is 18.6 Å². The number of carboxylic acids is 1.